The number of halogens is 2. The average molecular weight is 345 g/mol. The second-order valence-electron chi connectivity index (χ2n) is 5.58. The number of rotatable bonds is 2. The first kappa shape index (κ1) is 14.9. The molecule has 0 aliphatic carbocycles. The average Bonchev–Trinajstić information content (AvgIpc) is 2.42. The lowest BCUT2D eigenvalue weighted by Crippen LogP contribution is -2.42. The van der Waals surface area contributed by atoms with Crippen LogP contribution in [0.3, 0.4) is 0 Å². The van der Waals surface area contributed by atoms with Crippen LogP contribution in [0, 0.1) is 5.41 Å². The predicted molar refractivity (Wildman–Crippen MR) is 82.7 cm³/mol. The molecule has 0 unspecified atom stereocenters. The van der Waals surface area contributed by atoms with E-state index in [1.165, 1.54) is 6.42 Å². The zero-order chi connectivity index (χ0) is 14.0. The van der Waals surface area contributed by atoms with Crippen molar-refractivity contribution in [2.75, 3.05) is 13.1 Å². The normalized spacial score (nSPS) is 18.4. The lowest BCUT2D eigenvalue weighted by Gasteiger charge is -2.39. The van der Waals surface area contributed by atoms with Crippen LogP contribution in [0.25, 0.3) is 0 Å². The SMILES string of the molecule is CCC1(C)CCN(C(=O)c2cc(Cl)ccc2Br)CC1. The largest absolute Gasteiger partial charge is 0.339 e. The molecular formula is C15H19BrClNO. The van der Waals surface area contributed by atoms with Crippen molar-refractivity contribution in [2.45, 2.75) is 33.1 Å². The number of carbonyl (C=O) groups excluding carboxylic acids is 1. The number of benzene rings is 1. The van der Waals surface area contributed by atoms with Crippen molar-refractivity contribution in [1.29, 1.82) is 0 Å². The summed E-state index contributed by atoms with van der Waals surface area (Å²) >= 11 is 9.40. The van der Waals surface area contributed by atoms with Gasteiger partial charge in [-0.15, -0.1) is 0 Å². The molecule has 19 heavy (non-hydrogen) atoms. The Hall–Kier alpha value is -0.540. The summed E-state index contributed by atoms with van der Waals surface area (Å²) in [5, 5.41) is 0.599. The molecule has 0 N–H and O–H groups in total. The van der Waals surface area contributed by atoms with Gasteiger partial charge < -0.3 is 4.90 Å². The molecule has 1 aromatic rings. The third-order valence-corrected chi connectivity index (χ3v) is 5.20. The van der Waals surface area contributed by atoms with Crippen molar-refractivity contribution in [3.8, 4) is 0 Å². The molecule has 0 bridgehead atoms. The molecule has 0 radical (unpaired) electrons. The molecule has 1 aliphatic heterocycles. The zero-order valence-electron chi connectivity index (χ0n) is 11.4. The third-order valence-electron chi connectivity index (χ3n) is 4.27. The molecule has 104 valence electrons. The first-order valence-corrected chi connectivity index (χ1v) is 7.86. The number of hydrogen-bond acceptors (Lipinski definition) is 1. The molecule has 1 aliphatic rings. The maximum absolute atomic E-state index is 12.5. The second-order valence-corrected chi connectivity index (χ2v) is 6.87. The van der Waals surface area contributed by atoms with Crippen LogP contribution >= 0.6 is 27.5 Å². The van der Waals surface area contributed by atoms with E-state index >= 15 is 0 Å². The molecule has 4 heteroatoms. The fraction of sp³-hybridized carbons (Fsp3) is 0.533. The van der Waals surface area contributed by atoms with E-state index in [4.69, 9.17) is 11.6 Å². The highest BCUT2D eigenvalue weighted by molar-refractivity contribution is 9.10. The molecular weight excluding hydrogens is 326 g/mol. The molecule has 2 nitrogen and oxygen atoms in total. The maximum atomic E-state index is 12.5. The van der Waals surface area contributed by atoms with E-state index in [1.54, 1.807) is 12.1 Å². The summed E-state index contributed by atoms with van der Waals surface area (Å²) in [6.45, 7) is 6.21. The first-order valence-electron chi connectivity index (χ1n) is 6.69. The van der Waals surface area contributed by atoms with Gasteiger partial charge in [0.15, 0.2) is 0 Å². The quantitative estimate of drug-likeness (QED) is 0.758. The zero-order valence-corrected chi connectivity index (χ0v) is 13.7. The van der Waals surface area contributed by atoms with Gasteiger partial charge in [-0.3, -0.25) is 4.79 Å². The number of piperidine rings is 1. The van der Waals surface area contributed by atoms with Crippen molar-refractivity contribution in [3.63, 3.8) is 0 Å². The minimum atomic E-state index is 0.0764. The van der Waals surface area contributed by atoms with Gasteiger partial charge in [-0.05, 0) is 52.4 Å². The van der Waals surface area contributed by atoms with Crippen LogP contribution in [0.2, 0.25) is 5.02 Å². The minimum absolute atomic E-state index is 0.0764. The second kappa shape index (κ2) is 5.84. The lowest BCUT2D eigenvalue weighted by atomic mass is 9.78. The van der Waals surface area contributed by atoms with Gasteiger partial charge in [-0.2, -0.15) is 0 Å². The van der Waals surface area contributed by atoms with E-state index in [0.717, 1.165) is 30.4 Å². The molecule has 0 aromatic heterocycles. The molecule has 1 amide bonds. The molecule has 1 heterocycles. The lowest BCUT2D eigenvalue weighted by molar-refractivity contribution is 0.0599. The number of carbonyl (C=O) groups is 1. The smallest absolute Gasteiger partial charge is 0.255 e. The Balaban J connectivity index is 2.11. The van der Waals surface area contributed by atoms with Gasteiger partial charge in [0.05, 0.1) is 5.56 Å². The summed E-state index contributed by atoms with van der Waals surface area (Å²) in [7, 11) is 0. The van der Waals surface area contributed by atoms with Crippen LogP contribution in [-0.4, -0.2) is 23.9 Å². The van der Waals surface area contributed by atoms with Gasteiger partial charge >= 0.3 is 0 Å². The molecule has 0 spiro atoms. The first-order chi connectivity index (χ1) is 8.95. The summed E-state index contributed by atoms with van der Waals surface area (Å²) < 4.78 is 0.811. The Morgan fingerprint density at radius 3 is 2.63 bits per heavy atom. The molecule has 0 atom stereocenters. The Labute approximate surface area is 128 Å². The summed E-state index contributed by atoms with van der Waals surface area (Å²) in [6, 6.07) is 5.35. The number of amides is 1. The van der Waals surface area contributed by atoms with Gasteiger partial charge in [-0.1, -0.05) is 31.9 Å². The number of likely N-dealkylation sites (tertiary alicyclic amines) is 1. The molecule has 1 aromatic carbocycles. The van der Waals surface area contributed by atoms with Gasteiger partial charge in [-0.25, -0.2) is 0 Å². The van der Waals surface area contributed by atoms with Gasteiger partial charge in [0.25, 0.3) is 5.91 Å². The van der Waals surface area contributed by atoms with E-state index in [1.807, 2.05) is 11.0 Å². The van der Waals surface area contributed by atoms with E-state index in [9.17, 15) is 4.79 Å². The van der Waals surface area contributed by atoms with Crippen molar-refractivity contribution in [2.24, 2.45) is 5.41 Å². The van der Waals surface area contributed by atoms with Gasteiger partial charge in [0.1, 0.15) is 0 Å². The number of hydrogen-bond donors (Lipinski definition) is 0. The summed E-state index contributed by atoms with van der Waals surface area (Å²) in [6.07, 6.45) is 3.33. The fourth-order valence-electron chi connectivity index (χ4n) is 2.43. The standard InChI is InChI=1S/C15H19BrClNO/c1-3-15(2)6-8-18(9-7-15)14(19)12-10-11(17)4-5-13(12)16/h4-5,10H,3,6-9H2,1-2H3. The predicted octanol–water partition coefficient (Wildman–Crippen LogP) is 4.75. The third kappa shape index (κ3) is 3.32. The van der Waals surface area contributed by atoms with Gasteiger partial charge in [0.2, 0.25) is 0 Å². The van der Waals surface area contributed by atoms with E-state index in [0.29, 0.717) is 16.0 Å². The van der Waals surface area contributed by atoms with Crippen LogP contribution < -0.4 is 0 Å². The van der Waals surface area contributed by atoms with Crippen molar-refractivity contribution in [3.05, 3.63) is 33.3 Å². The Morgan fingerprint density at radius 1 is 1.42 bits per heavy atom. The number of nitrogens with zero attached hydrogens (tertiary/aromatic N) is 1. The minimum Gasteiger partial charge on any atom is -0.339 e. The van der Waals surface area contributed by atoms with Crippen LogP contribution in [-0.2, 0) is 0 Å². The fourth-order valence-corrected chi connectivity index (χ4v) is 3.02. The van der Waals surface area contributed by atoms with E-state index < -0.39 is 0 Å². The highest BCUT2D eigenvalue weighted by Crippen LogP contribution is 2.34. The van der Waals surface area contributed by atoms with Crippen LogP contribution in [0.1, 0.15) is 43.5 Å². The van der Waals surface area contributed by atoms with Crippen molar-refractivity contribution >= 4 is 33.4 Å². The summed E-state index contributed by atoms with van der Waals surface area (Å²) in [4.78, 5) is 14.4. The summed E-state index contributed by atoms with van der Waals surface area (Å²) in [5.41, 5.74) is 1.05. The Morgan fingerprint density at radius 2 is 2.05 bits per heavy atom. The maximum Gasteiger partial charge on any atom is 0.255 e. The van der Waals surface area contributed by atoms with Crippen LogP contribution in [0.5, 0.6) is 0 Å². The van der Waals surface area contributed by atoms with Crippen LogP contribution in [0.15, 0.2) is 22.7 Å². The van der Waals surface area contributed by atoms with E-state index in [2.05, 4.69) is 29.8 Å². The van der Waals surface area contributed by atoms with Crippen molar-refractivity contribution in [1.82, 2.24) is 4.90 Å². The molecule has 0 saturated carbocycles. The van der Waals surface area contributed by atoms with Crippen LogP contribution in [0.4, 0.5) is 0 Å². The van der Waals surface area contributed by atoms with Gasteiger partial charge in [0, 0.05) is 22.6 Å². The highest BCUT2D eigenvalue weighted by Gasteiger charge is 2.31. The Bertz CT molecular complexity index is 481. The monoisotopic (exact) mass is 343 g/mol. The van der Waals surface area contributed by atoms with E-state index in [-0.39, 0.29) is 5.91 Å². The van der Waals surface area contributed by atoms with Crippen molar-refractivity contribution < 1.29 is 4.79 Å². The highest BCUT2D eigenvalue weighted by atomic mass is 79.9. The molecule has 1 fully saturated rings. The molecule has 2 rings (SSSR count). The Kier molecular flexibility index (Phi) is 4.57. The summed E-state index contributed by atoms with van der Waals surface area (Å²) in [5.74, 6) is 0.0764. The molecule has 1 saturated heterocycles. The topological polar surface area (TPSA) is 20.3 Å².